The van der Waals surface area contributed by atoms with Crippen molar-refractivity contribution >= 4 is 12.3 Å². The van der Waals surface area contributed by atoms with Gasteiger partial charge in [-0.25, -0.2) is 0 Å². The van der Waals surface area contributed by atoms with E-state index in [-0.39, 0.29) is 31.5 Å². The number of benzene rings is 3. The molecule has 1 heterocycles. The molecule has 4 rings (SSSR count). The largest absolute Gasteiger partial charge is 0.456 e. The third-order valence-electron chi connectivity index (χ3n) is 7.52. The minimum atomic E-state index is -0.809. The summed E-state index contributed by atoms with van der Waals surface area (Å²) >= 11 is 0. The third-order valence-corrected chi connectivity index (χ3v) is 7.52. The lowest BCUT2D eigenvalue weighted by Gasteiger charge is -2.47. The highest BCUT2D eigenvalue weighted by molar-refractivity contribution is 5.75. The van der Waals surface area contributed by atoms with E-state index in [4.69, 9.17) is 23.7 Å². The van der Waals surface area contributed by atoms with E-state index in [0.29, 0.717) is 13.2 Å². The molecule has 7 nitrogen and oxygen atoms in total. The number of carbonyl (C=O) groups excluding carboxylic acids is 2. The predicted octanol–water partition coefficient (Wildman–Crippen LogP) is 6.32. The highest BCUT2D eigenvalue weighted by Crippen LogP contribution is 2.35. The molecule has 3 aromatic carbocycles. The first-order valence-electron chi connectivity index (χ1n) is 15.0. The topological polar surface area (TPSA) is 80.3 Å². The Morgan fingerprint density at radius 3 is 1.74 bits per heavy atom. The summed E-state index contributed by atoms with van der Waals surface area (Å²) in [7, 11) is 0. The number of esters is 1. The van der Waals surface area contributed by atoms with Crippen LogP contribution in [0.25, 0.3) is 0 Å². The number of ether oxygens (including phenoxy) is 5. The van der Waals surface area contributed by atoms with Gasteiger partial charge in [0, 0.05) is 6.42 Å². The highest BCUT2D eigenvalue weighted by Gasteiger charge is 2.51. The molecule has 0 saturated carbocycles. The average molecular weight is 589 g/mol. The van der Waals surface area contributed by atoms with E-state index in [9.17, 15) is 9.59 Å². The summed E-state index contributed by atoms with van der Waals surface area (Å²) in [5.41, 5.74) is 2.26. The lowest BCUT2D eigenvalue weighted by atomic mass is 9.86. The van der Waals surface area contributed by atoms with Crippen molar-refractivity contribution in [3.05, 3.63) is 108 Å². The Labute approximate surface area is 255 Å². The standard InChI is InChI=1S/C36H44O7/c1-26(20-21-37)31-34(43-35(38)36(2,3)4)33(41-24-29-18-12-7-13-19-29)32(40-23-28-16-10-6-11-17-28)30(42-31)25-39-22-27-14-8-5-9-15-27/h5-19,21,26,30-34H,20,22-25H2,1-4H3/t26-,30+,31-,32+,33-,34-/m0/s1. The van der Waals surface area contributed by atoms with Gasteiger partial charge in [-0.2, -0.15) is 0 Å². The van der Waals surface area contributed by atoms with Crippen molar-refractivity contribution in [1.29, 1.82) is 0 Å². The molecule has 0 bridgehead atoms. The van der Waals surface area contributed by atoms with Gasteiger partial charge < -0.3 is 28.5 Å². The maximum Gasteiger partial charge on any atom is 0.311 e. The van der Waals surface area contributed by atoms with Crippen molar-refractivity contribution in [1.82, 2.24) is 0 Å². The summed E-state index contributed by atoms with van der Waals surface area (Å²) in [6.07, 6.45) is -2.17. The van der Waals surface area contributed by atoms with Gasteiger partial charge in [0.15, 0.2) is 6.10 Å². The Kier molecular flexibility index (Phi) is 12.1. The molecule has 0 aliphatic carbocycles. The number of rotatable bonds is 14. The summed E-state index contributed by atoms with van der Waals surface area (Å²) in [4.78, 5) is 24.9. The molecule has 0 N–H and O–H groups in total. The van der Waals surface area contributed by atoms with E-state index in [1.807, 2.05) is 119 Å². The fourth-order valence-electron chi connectivity index (χ4n) is 5.05. The third kappa shape index (κ3) is 9.57. The first-order valence-corrected chi connectivity index (χ1v) is 15.0. The van der Waals surface area contributed by atoms with Crippen LogP contribution in [0.1, 0.15) is 50.8 Å². The highest BCUT2D eigenvalue weighted by atomic mass is 16.6. The smallest absolute Gasteiger partial charge is 0.311 e. The van der Waals surface area contributed by atoms with Crippen molar-refractivity contribution in [2.45, 2.75) is 84.5 Å². The van der Waals surface area contributed by atoms with Crippen molar-refractivity contribution < 1.29 is 33.3 Å². The van der Waals surface area contributed by atoms with Crippen molar-refractivity contribution in [3.63, 3.8) is 0 Å². The second-order valence-electron chi connectivity index (χ2n) is 12.2. The molecule has 6 atom stereocenters. The molecule has 7 heteroatoms. The second kappa shape index (κ2) is 15.9. The Hall–Kier alpha value is -3.36. The van der Waals surface area contributed by atoms with Gasteiger partial charge in [0.1, 0.15) is 30.7 Å². The average Bonchev–Trinajstić information content (AvgIpc) is 3.01. The zero-order valence-corrected chi connectivity index (χ0v) is 25.6. The lowest BCUT2D eigenvalue weighted by molar-refractivity contribution is -0.275. The molecule has 1 aliphatic rings. The molecule has 3 aromatic rings. The number of aldehydes is 1. The maximum atomic E-state index is 13.3. The Morgan fingerprint density at radius 1 is 0.767 bits per heavy atom. The summed E-state index contributed by atoms with van der Waals surface area (Å²) in [5.74, 6) is -0.622. The number of hydrogen-bond donors (Lipinski definition) is 0. The Balaban J connectivity index is 1.67. The van der Waals surface area contributed by atoms with E-state index in [1.165, 1.54) is 0 Å². The monoisotopic (exact) mass is 588 g/mol. The summed E-state index contributed by atoms with van der Waals surface area (Å²) in [6.45, 7) is 8.59. The molecule has 230 valence electrons. The van der Waals surface area contributed by atoms with Crippen LogP contribution in [-0.2, 0) is 53.1 Å². The molecule has 1 saturated heterocycles. The fraction of sp³-hybridized carbons (Fsp3) is 0.444. The van der Waals surface area contributed by atoms with Crippen LogP contribution in [0, 0.1) is 11.3 Å². The normalized spacial score (nSPS) is 22.9. The molecule has 1 aliphatic heterocycles. The zero-order valence-electron chi connectivity index (χ0n) is 25.6. The molecule has 1 fully saturated rings. The molecule has 0 radical (unpaired) electrons. The minimum absolute atomic E-state index is 0.226. The predicted molar refractivity (Wildman–Crippen MR) is 164 cm³/mol. The summed E-state index contributed by atoms with van der Waals surface area (Å²) in [6, 6.07) is 29.6. The molecule has 0 unspecified atom stereocenters. The second-order valence-corrected chi connectivity index (χ2v) is 12.2. The van der Waals surface area contributed by atoms with Gasteiger partial charge in [-0.15, -0.1) is 0 Å². The van der Waals surface area contributed by atoms with Crippen LogP contribution >= 0.6 is 0 Å². The Morgan fingerprint density at radius 2 is 1.26 bits per heavy atom. The Bertz CT molecular complexity index is 1240. The van der Waals surface area contributed by atoms with Gasteiger partial charge >= 0.3 is 5.97 Å². The van der Waals surface area contributed by atoms with E-state index >= 15 is 0 Å². The van der Waals surface area contributed by atoms with Crippen LogP contribution in [0.5, 0.6) is 0 Å². The molecule has 0 aromatic heterocycles. The van der Waals surface area contributed by atoms with Crippen molar-refractivity contribution in [2.75, 3.05) is 6.61 Å². The summed E-state index contributed by atoms with van der Waals surface area (Å²) in [5, 5.41) is 0. The van der Waals surface area contributed by atoms with Gasteiger partial charge in [-0.05, 0) is 43.4 Å². The van der Waals surface area contributed by atoms with Crippen LogP contribution in [0.2, 0.25) is 0 Å². The zero-order chi connectivity index (χ0) is 30.7. The maximum absolute atomic E-state index is 13.3. The first-order chi connectivity index (χ1) is 20.8. The van der Waals surface area contributed by atoms with Crippen molar-refractivity contribution in [2.24, 2.45) is 11.3 Å². The van der Waals surface area contributed by atoms with Gasteiger partial charge in [0.2, 0.25) is 0 Å². The van der Waals surface area contributed by atoms with Crippen LogP contribution in [0.15, 0.2) is 91.0 Å². The lowest BCUT2D eigenvalue weighted by Crippen LogP contribution is -2.63. The molecule has 0 spiro atoms. The SMILES string of the molecule is C[C@@H](CC=O)[C@@H]1O[C@H](COCc2ccccc2)[C@@H](OCc2ccccc2)[C@H](OCc2ccccc2)[C@H]1OC(=O)C(C)(C)C. The van der Waals surface area contributed by atoms with E-state index < -0.39 is 35.9 Å². The van der Waals surface area contributed by atoms with Gasteiger partial charge in [0.05, 0.1) is 31.8 Å². The van der Waals surface area contributed by atoms with E-state index in [2.05, 4.69) is 0 Å². The summed E-state index contributed by atoms with van der Waals surface area (Å²) < 4.78 is 32.3. The molecular formula is C36H44O7. The van der Waals surface area contributed by atoms with Crippen LogP contribution in [-0.4, -0.2) is 49.4 Å². The number of hydrogen-bond acceptors (Lipinski definition) is 7. The first kappa shape index (κ1) is 32.6. The van der Waals surface area contributed by atoms with Crippen LogP contribution in [0.4, 0.5) is 0 Å². The van der Waals surface area contributed by atoms with Gasteiger partial charge in [-0.3, -0.25) is 4.79 Å². The number of carbonyl (C=O) groups is 2. The van der Waals surface area contributed by atoms with Gasteiger partial charge in [-0.1, -0.05) is 97.9 Å². The molecular weight excluding hydrogens is 544 g/mol. The minimum Gasteiger partial charge on any atom is -0.456 e. The van der Waals surface area contributed by atoms with E-state index in [1.54, 1.807) is 0 Å². The van der Waals surface area contributed by atoms with Crippen molar-refractivity contribution in [3.8, 4) is 0 Å². The van der Waals surface area contributed by atoms with E-state index in [0.717, 1.165) is 23.0 Å². The quantitative estimate of drug-likeness (QED) is 0.161. The molecule has 0 amide bonds. The van der Waals surface area contributed by atoms with Gasteiger partial charge in [0.25, 0.3) is 0 Å². The fourth-order valence-corrected chi connectivity index (χ4v) is 5.05. The molecule has 43 heavy (non-hydrogen) atoms. The van der Waals surface area contributed by atoms with Crippen LogP contribution < -0.4 is 0 Å². The van der Waals surface area contributed by atoms with Crippen LogP contribution in [0.3, 0.4) is 0 Å².